The highest BCUT2D eigenvalue weighted by atomic mass is 79.9. The fourth-order valence-corrected chi connectivity index (χ4v) is 3.72. The summed E-state index contributed by atoms with van der Waals surface area (Å²) in [5.41, 5.74) is 1.77. The first kappa shape index (κ1) is 16.0. The molecule has 2 aromatic carbocycles. The quantitative estimate of drug-likeness (QED) is 0.636. The molecule has 6 heteroatoms. The van der Waals surface area contributed by atoms with Crippen molar-refractivity contribution in [2.45, 2.75) is 10.3 Å². The summed E-state index contributed by atoms with van der Waals surface area (Å²) in [6.07, 6.45) is 1.19. The van der Waals surface area contributed by atoms with Crippen LogP contribution in [0.3, 0.4) is 0 Å². The van der Waals surface area contributed by atoms with Crippen LogP contribution in [0.5, 0.6) is 0 Å². The molecule has 0 aliphatic carbocycles. The minimum atomic E-state index is -3.18. The third-order valence-electron chi connectivity index (χ3n) is 2.83. The fraction of sp³-hybridized carbons (Fsp3) is 0.143. The summed E-state index contributed by atoms with van der Waals surface area (Å²) >= 11 is 13.4. The number of benzene rings is 2. The first-order valence-electron chi connectivity index (χ1n) is 5.68. The molecule has 0 saturated heterocycles. The van der Waals surface area contributed by atoms with Crippen molar-refractivity contribution in [3.63, 3.8) is 0 Å². The zero-order valence-electron chi connectivity index (χ0n) is 10.5. The van der Waals surface area contributed by atoms with Gasteiger partial charge in [0, 0.05) is 15.2 Å². The Balaban J connectivity index is 2.39. The van der Waals surface area contributed by atoms with Crippen molar-refractivity contribution >= 4 is 53.3 Å². The first-order chi connectivity index (χ1) is 9.29. The second-order valence-electron chi connectivity index (χ2n) is 4.37. The van der Waals surface area contributed by atoms with Gasteiger partial charge in [-0.1, -0.05) is 44.0 Å². The van der Waals surface area contributed by atoms with Gasteiger partial charge in [-0.2, -0.15) is 0 Å². The van der Waals surface area contributed by atoms with Gasteiger partial charge in [-0.05, 0) is 41.5 Å². The molecule has 0 aromatic heterocycles. The number of hydrogen-bond acceptors (Lipinski definition) is 2. The summed E-state index contributed by atoms with van der Waals surface area (Å²) in [5, 5.41) is -0.351. The van der Waals surface area contributed by atoms with E-state index in [9.17, 15) is 8.42 Å². The Hall–Kier alpha value is -0.360. The highest BCUT2D eigenvalue weighted by Gasteiger charge is 2.15. The zero-order chi connectivity index (χ0) is 14.9. The Morgan fingerprint density at radius 3 is 2.20 bits per heavy atom. The molecule has 20 heavy (non-hydrogen) atoms. The predicted molar refractivity (Wildman–Crippen MR) is 89.1 cm³/mol. The van der Waals surface area contributed by atoms with Gasteiger partial charge in [0.15, 0.2) is 9.84 Å². The second-order valence-corrected chi connectivity index (χ2v) is 8.59. The molecule has 0 radical (unpaired) electrons. The summed E-state index contributed by atoms with van der Waals surface area (Å²) in [7, 11) is -3.18. The maximum absolute atomic E-state index is 11.4. The lowest BCUT2D eigenvalue weighted by Crippen LogP contribution is -1.99. The molecule has 106 valence electrons. The second kappa shape index (κ2) is 6.18. The number of hydrogen-bond donors (Lipinski definition) is 0. The number of alkyl halides is 1. The highest BCUT2D eigenvalue weighted by molar-refractivity contribution is 9.11. The van der Waals surface area contributed by atoms with Crippen LogP contribution in [0.2, 0.25) is 0 Å². The van der Waals surface area contributed by atoms with E-state index < -0.39 is 9.84 Å². The third kappa shape index (κ3) is 3.64. The molecule has 1 unspecified atom stereocenters. The van der Waals surface area contributed by atoms with Gasteiger partial charge >= 0.3 is 0 Å². The largest absolute Gasteiger partial charge is 0.224 e. The van der Waals surface area contributed by atoms with Crippen LogP contribution < -0.4 is 0 Å². The van der Waals surface area contributed by atoms with Crippen LogP contribution in [0.15, 0.2) is 56.3 Å². The van der Waals surface area contributed by atoms with Crippen LogP contribution in [-0.2, 0) is 9.84 Å². The van der Waals surface area contributed by atoms with Crippen molar-refractivity contribution in [3.05, 3.63) is 62.5 Å². The number of sulfone groups is 1. The van der Waals surface area contributed by atoms with E-state index >= 15 is 0 Å². The van der Waals surface area contributed by atoms with Crippen molar-refractivity contribution in [1.82, 2.24) is 0 Å². The van der Waals surface area contributed by atoms with E-state index in [1.807, 2.05) is 18.2 Å². The molecule has 0 aliphatic rings. The van der Waals surface area contributed by atoms with E-state index in [-0.39, 0.29) is 5.38 Å². The summed E-state index contributed by atoms with van der Waals surface area (Å²) in [6.45, 7) is 0. The molecule has 2 rings (SSSR count). The first-order valence-corrected chi connectivity index (χ1v) is 9.59. The summed E-state index contributed by atoms with van der Waals surface area (Å²) in [4.78, 5) is 0.290. The molecule has 0 amide bonds. The summed E-state index contributed by atoms with van der Waals surface area (Å²) in [5.74, 6) is 0. The topological polar surface area (TPSA) is 34.1 Å². The maximum Gasteiger partial charge on any atom is 0.175 e. The lowest BCUT2D eigenvalue weighted by atomic mass is 10.0. The van der Waals surface area contributed by atoms with Gasteiger partial charge in [0.2, 0.25) is 0 Å². The molecule has 0 heterocycles. The van der Waals surface area contributed by atoms with Crippen LogP contribution in [0, 0.1) is 0 Å². The molecule has 0 spiro atoms. The summed E-state index contributed by atoms with van der Waals surface area (Å²) < 4.78 is 24.7. The average Bonchev–Trinajstić information content (AvgIpc) is 2.40. The van der Waals surface area contributed by atoms with Crippen molar-refractivity contribution in [3.8, 4) is 0 Å². The van der Waals surface area contributed by atoms with Crippen molar-refractivity contribution in [1.29, 1.82) is 0 Å². The third-order valence-corrected chi connectivity index (χ3v) is 5.66. The van der Waals surface area contributed by atoms with Crippen molar-refractivity contribution < 1.29 is 8.42 Å². The van der Waals surface area contributed by atoms with Gasteiger partial charge in [0.25, 0.3) is 0 Å². The van der Waals surface area contributed by atoms with Crippen molar-refractivity contribution in [2.75, 3.05) is 6.26 Å². The lowest BCUT2D eigenvalue weighted by Gasteiger charge is -2.13. The van der Waals surface area contributed by atoms with Gasteiger partial charge < -0.3 is 0 Å². The molecule has 2 aromatic rings. The molecular weight excluding hydrogens is 427 g/mol. The average molecular weight is 439 g/mol. The molecule has 2 nitrogen and oxygen atoms in total. The molecule has 0 fully saturated rings. The SMILES string of the molecule is CS(=O)(=O)c1ccc(C(Cl)c2cc(Br)ccc2Br)cc1. The Labute approximate surface area is 140 Å². The van der Waals surface area contributed by atoms with Crippen LogP contribution in [0.25, 0.3) is 0 Å². The van der Waals surface area contributed by atoms with Crippen molar-refractivity contribution in [2.24, 2.45) is 0 Å². The highest BCUT2D eigenvalue weighted by Crippen LogP contribution is 2.35. The Morgan fingerprint density at radius 1 is 1.05 bits per heavy atom. The van der Waals surface area contributed by atoms with Gasteiger partial charge in [-0.3, -0.25) is 0 Å². The standard InChI is InChI=1S/C14H11Br2ClO2S/c1-20(18,19)11-5-2-9(3-6-11)14(17)12-8-10(15)4-7-13(12)16/h2-8,14H,1H3. The van der Waals surface area contributed by atoms with Crippen LogP contribution >= 0.6 is 43.5 Å². The predicted octanol–water partition coefficient (Wildman–Crippen LogP) is 4.94. The van der Waals surface area contributed by atoms with Gasteiger partial charge in [-0.25, -0.2) is 8.42 Å². The molecule has 0 saturated carbocycles. The van der Waals surface area contributed by atoms with E-state index in [1.54, 1.807) is 24.3 Å². The lowest BCUT2D eigenvalue weighted by molar-refractivity contribution is 0.602. The zero-order valence-corrected chi connectivity index (χ0v) is 15.2. The smallest absolute Gasteiger partial charge is 0.175 e. The monoisotopic (exact) mass is 436 g/mol. The van der Waals surface area contributed by atoms with Gasteiger partial charge in [-0.15, -0.1) is 11.6 Å². The van der Waals surface area contributed by atoms with E-state index in [0.29, 0.717) is 4.90 Å². The van der Waals surface area contributed by atoms with E-state index in [2.05, 4.69) is 31.9 Å². The van der Waals surface area contributed by atoms with Crippen LogP contribution in [0.4, 0.5) is 0 Å². The Bertz CT molecular complexity index is 727. The molecular formula is C14H11Br2ClO2S. The van der Waals surface area contributed by atoms with E-state index in [4.69, 9.17) is 11.6 Å². The van der Waals surface area contributed by atoms with Gasteiger partial charge in [0.05, 0.1) is 10.3 Å². The molecule has 1 atom stereocenters. The minimum absolute atomic E-state index is 0.290. The van der Waals surface area contributed by atoms with E-state index in [0.717, 1.165) is 20.1 Å². The Kier molecular flexibility index (Phi) is 4.95. The summed E-state index contributed by atoms with van der Waals surface area (Å²) in [6, 6.07) is 12.4. The fourth-order valence-electron chi connectivity index (χ4n) is 1.77. The molecule has 0 N–H and O–H groups in total. The molecule has 0 aliphatic heterocycles. The van der Waals surface area contributed by atoms with E-state index in [1.165, 1.54) is 6.26 Å². The maximum atomic E-state index is 11.4. The minimum Gasteiger partial charge on any atom is -0.224 e. The van der Waals surface area contributed by atoms with Crippen LogP contribution in [-0.4, -0.2) is 14.7 Å². The van der Waals surface area contributed by atoms with Gasteiger partial charge in [0.1, 0.15) is 0 Å². The normalized spacial score (nSPS) is 13.2. The Morgan fingerprint density at radius 2 is 1.65 bits per heavy atom. The molecule has 0 bridgehead atoms. The number of halogens is 3. The number of rotatable bonds is 3. The van der Waals surface area contributed by atoms with Crippen LogP contribution in [0.1, 0.15) is 16.5 Å².